The van der Waals surface area contributed by atoms with Crippen molar-refractivity contribution in [2.45, 2.75) is 19.9 Å². The molecule has 26 heavy (non-hydrogen) atoms. The second-order valence-corrected chi connectivity index (χ2v) is 6.06. The molecule has 0 saturated heterocycles. The minimum Gasteiger partial charge on any atom is -1.00 e. The lowest BCUT2D eigenvalue weighted by molar-refractivity contribution is -0.685. The topological polar surface area (TPSA) is 38.2 Å². The van der Waals surface area contributed by atoms with Crippen LogP contribution in [0.4, 0.5) is 0 Å². The number of nitrogens with zero attached hydrogens (tertiary/aromatic N) is 3. The molecule has 4 nitrogen and oxygen atoms in total. The van der Waals surface area contributed by atoms with Crippen molar-refractivity contribution in [3.8, 4) is 0 Å². The van der Waals surface area contributed by atoms with Crippen LogP contribution in [0, 0.1) is 0 Å². The van der Waals surface area contributed by atoms with Crippen LogP contribution in [0.5, 0.6) is 0 Å². The van der Waals surface area contributed by atoms with Gasteiger partial charge in [-0.05, 0) is 29.8 Å². The van der Waals surface area contributed by atoms with E-state index in [0.717, 1.165) is 17.8 Å². The van der Waals surface area contributed by atoms with Crippen molar-refractivity contribution in [3.05, 3.63) is 89.0 Å². The van der Waals surface area contributed by atoms with E-state index in [1.807, 2.05) is 65.1 Å². The number of carbonyl (C=O) groups excluding carboxylic acids is 1. The number of Topliss-reactive ketones (excluding diaryl/α,β-unsaturated/α-hetero) is 1. The van der Waals surface area contributed by atoms with Crippen molar-refractivity contribution < 1.29 is 26.5 Å². The summed E-state index contributed by atoms with van der Waals surface area (Å²) in [6.07, 6.45) is 6.33. The molecule has 2 aromatic carbocycles. The van der Waals surface area contributed by atoms with Crippen LogP contribution in [0.15, 0.2) is 72.1 Å². The molecule has 1 aromatic heterocycles. The Hall–Kier alpha value is -2.24. The Morgan fingerprint density at radius 3 is 2.50 bits per heavy atom. The molecule has 0 aliphatic rings. The molecule has 0 bridgehead atoms. The van der Waals surface area contributed by atoms with E-state index in [0.29, 0.717) is 10.6 Å². The third-order valence-corrected chi connectivity index (χ3v) is 4.16. The number of halogens is 2. The number of rotatable bonds is 6. The zero-order valence-corrected chi connectivity index (χ0v) is 16.7. The summed E-state index contributed by atoms with van der Waals surface area (Å²) in [5.41, 5.74) is 1.68. The highest BCUT2D eigenvalue weighted by Crippen LogP contribution is 2.11. The molecule has 0 amide bonds. The Kier molecular flexibility index (Phi) is 7.30. The van der Waals surface area contributed by atoms with Gasteiger partial charge in [-0.25, -0.2) is 4.57 Å². The minimum atomic E-state index is 0. The molecule has 3 rings (SSSR count). The summed E-state index contributed by atoms with van der Waals surface area (Å²) in [5, 5.41) is 5.13. The van der Waals surface area contributed by atoms with Crippen molar-refractivity contribution in [2.75, 3.05) is 0 Å². The molecular formula is C20H19BrClN3O. The highest BCUT2D eigenvalue weighted by molar-refractivity contribution is 6.30. The molecule has 0 fully saturated rings. The number of hydrogen-bond donors (Lipinski definition) is 0. The van der Waals surface area contributed by atoms with Crippen molar-refractivity contribution in [1.29, 1.82) is 0 Å². The molecule has 1 heterocycles. The Morgan fingerprint density at radius 2 is 1.85 bits per heavy atom. The summed E-state index contributed by atoms with van der Waals surface area (Å²) in [5.74, 6) is 1.01. The highest BCUT2D eigenvalue weighted by Gasteiger charge is 2.18. The lowest BCUT2D eigenvalue weighted by Crippen LogP contribution is -3.00. The Bertz CT molecular complexity index is 889. The molecule has 0 unspecified atom stereocenters. The van der Waals surface area contributed by atoms with Gasteiger partial charge in [0.2, 0.25) is 5.78 Å². The fourth-order valence-corrected chi connectivity index (χ4v) is 2.74. The van der Waals surface area contributed by atoms with Crippen LogP contribution < -0.4 is 21.7 Å². The Balaban J connectivity index is 0.00000243. The first kappa shape index (κ1) is 20.1. The van der Waals surface area contributed by atoms with Gasteiger partial charge in [0.1, 0.15) is 6.20 Å². The van der Waals surface area contributed by atoms with Crippen molar-refractivity contribution in [2.24, 2.45) is 5.10 Å². The standard InChI is InChI=1S/C20H19ClN3O.BrH/c1-2-20-23(15-19(25)17-8-10-18(21)11-9-17)12-13-24(20)22-14-16-6-4-3-5-7-16;/h3-14H,2,15H2,1H3;1H/q+1;/p-1/b22-14+;. The minimum absolute atomic E-state index is 0. The average molecular weight is 433 g/mol. The highest BCUT2D eigenvalue weighted by atomic mass is 79.9. The molecule has 0 radical (unpaired) electrons. The van der Waals surface area contributed by atoms with Crippen molar-refractivity contribution in [1.82, 2.24) is 4.57 Å². The van der Waals surface area contributed by atoms with Crippen LogP contribution in [0.25, 0.3) is 0 Å². The quantitative estimate of drug-likeness (QED) is 0.322. The van der Waals surface area contributed by atoms with Crippen molar-refractivity contribution in [3.63, 3.8) is 0 Å². The van der Waals surface area contributed by atoms with Crippen LogP contribution in [-0.2, 0) is 13.0 Å². The molecule has 6 heteroatoms. The van der Waals surface area contributed by atoms with Crippen LogP contribution in [-0.4, -0.2) is 16.6 Å². The van der Waals surface area contributed by atoms with Gasteiger partial charge in [-0.2, -0.15) is 0 Å². The number of aromatic nitrogens is 2. The fourth-order valence-electron chi connectivity index (χ4n) is 2.61. The molecular weight excluding hydrogens is 414 g/mol. The van der Waals surface area contributed by atoms with E-state index in [9.17, 15) is 4.79 Å². The maximum Gasteiger partial charge on any atom is 0.282 e. The third-order valence-electron chi connectivity index (χ3n) is 3.91. The van der Waals surface area contributed by atoms with Crippen LogP contribution in [0.3, 0.4) is 0 Å². The van der Waals surface area contributed by atoms with E-state index in [1.54, 1.807) is 24.3 Å². The van der Waals surface area contributed by atoms with Crippen molar-refractivity contribution >= 4 is 23.6 Å². The van der Waals surface area contributed by atoms with E-state index in [2.05, 4.69) is 5.10 Å². The summed E-state index contributed by atoms with van der Waals surface area (Å²) in [4.78, 5) is 12.5. The Morgan fingerprint density at radius 1 is 1.15 bits per heavy atom. The van der Waals surface area contributed by atoms with E-state index in [1.165, 1.54) is 0 Å². The first-order valence-electron chi connectivity index (χ1n) is 8.15. The Labute approximate surface area is 168 Å². The normalized spacial score (nSPS) is 10.7. The first-order chi connectivity index (χ1) is 12.2. The van der Waals surface area contributed by atoms with Gasteiger partial charge in [0.15, 0.2) is 12.7 Å². The van der Waals surface area contributed by atoms with Gasteiger partial charge in [-0.3, -0.25) is 4.79 Å². The van der Waals surface area contributed by atoms with Gasteiger partial charge >= 0.3 is 0 Å². The molecule has 0 saturated carbocycles. The summed E-state index contributed by atoms with van der Waals surface area (Å²) in [6.45, 7) is 2.33. The number of ketones is 1. The fraction of sp³-hybridized carbons (Fsp3) is 0.150. The molecule has 134 valence electrons. The second kappa shape index (κ2) is 9.46. The third kappa shape index (κ3) is 4.90. The zero-order valence-electron chi connectivity index (χ0n) is 14.3. The molecule has 0 aliphatic heterocycles. The van der Waals surface area contributed by atoms with Crippen LogP contribution >= 0.6 is 11.6 Å². The van der Waals surface area contributed by atoms with Gasteiger partial charge in [-0.1, -0.05) is 54.0 Å². The van der Waals surface area contributed by atoms with Crippen LogP contribution in [0.1, 0.15) is 28.7 Å². The van der Waals surface area contributed by atoms with E-state index < -0.39 is 0 Å². The summed E-state index contributed by atoms with van der Waals surface area (Å²) in [7, 11) is 0. The monoisotopic (exact) mass is 431 g/mol. The average Bonchev–Trinajstić information content (AvgIpc) is 3.03. The number of imidazole rings is 1. The molecule has 0 N–H and O–H groups in total. The van der Waals surface area contributed by atoms with Crippen LogP contribution in [0.2, 0.25) is 5.02 Å². The van der Waals surface area contributed by atoms with Gasteiger partial charge < -0.3 is 17.0 Å². The SMILES string of the molecule is CCc1n(CC(=O)c2ccc(Cl)cc2)cc[n+]1/N=C/c1ccccc1.[Br-]. The molecule has 3 aromatic rings. The smallest absolute Gasteiger partial charge is 0.282 e. The van der Waals surface area contributed by atoms with E-state index in [4.69, 9.17) is 11.6 Å². The molecule has 0 atom stereocenters. The first-order valence-corrected chi connectivity index (χ1v) is 8.53. The summed E-state index contributed by atoms with van der Waals surface area (Å²) >= 11 is 5.88. The molecule has 0 aliphatic carbocycles. The van der Waals surface area contributed by atoms with Gasteiger partial charge in [0.25, 0.3) is 5.82 Å². The van der Waals surface area contributed by atoms with E-state index in [-0.39, 0.29) is 29.3 Å². The predicted molar refractivity (Wildman–Crippen MR) is 99.2 cm³/mol. The lowest BCUT2D eigenvalue weighted by atomic mass is 10.1. The van der Waals surface area contributed by atoms with E-state index >= 15 is 0 Å². The summed E-state index contributed by atoms with van der Waals surface area (Å²) in [6, 6.07) is 16.9. The van der Waals surface area contributed by atoms with Gasteiger partial charge in [0.05, 0.1) is 6.21 Å². The second-order valence-electron chi connectivity index (χ2n) is 5.63. The molecule has 0 spiro atoms. The number of benzene rings is 2. The summed E-state index contributed by atoms with van der Waals surface area (Å²) < 4.78 is 3.74. The largest absolute Gasteiger partial charge is 1.00 e. The maximum atomic E-state index is 12.5. The number of hydrogen-bond acceptors (Lipinski definition) is 2. The maximum absolute atomic E-state index is 12.5. The van der Waals surface area contributed by atoms with Gasteiger partial charge in [-0.15, -0.1) is 4.68 Å². The predicted octanol–water partition coefficient (Wildman–Crippen LogP) is 0.760. The lowest BCUT2D eigenvalue weighted by Gasteiger charge is -2.01. The number of carbonyl (C=O) groups is 1. The van der Waals surface area contributed by atoms with Gasteiger partial charge in [0, 0.05) is 17.0 Å². The zero-order chi connectivity index (χ0) is 17.6.